The average Bonchev–Trinajstić information content (AvgIpc) is 3.44. The molecule has 2 heterocycles. The van der Waals surface area contributed by atoms with E-state index in [-0.39, 0.29) is 39.7 Å². The van der Waals surface area contributed by atoms with Crippen molar-refractivity contribution in [3.05, 3.63) is 68.5 Å². The van der Waals surface area contributed by atoms with Gasteiger partial charge in [-0.1, -0.05) is 23.2 Å². The predicted molar refractivity (Wildman–Crippen MR) is 123 cm³/mol. The van der Waals surface area contributed by atoms with Crippen LogP contribution < -0.4 is 10.2 Å². The van der Waals surface area contributed by atoms with Crippen molar-refractivity contribution in [3.8, 4) is 0 Å². The molecule has 2 aromatic heterocycles. The van der Waals surface area contributed by atoms with Gasteiger partial charge in [0.25, 0.3) is 11.8 Å². The van der Waals surface area contributed by atoms with E-state index >= 15 is 0 Å². The van der Waals surface area contributed by atoms with Crippen LogP contribution in [0, 0.1) is 5.92 Å². The minimum atomic E-state index is -0.481. The zero-order chi connectivity index (χ0) is 22.1. The van der Waals surface area contributed by atoms with Gasteiger partial charge in [0.1, 0.15) is 5.69 Å². The maximum absolute atomic E-state index is 13.5. The number of nitrogens with zero attached hydrogens (tertiary/aromatic N) is 3. The van der Waals surface area contributed by atoms with Crippen molar-refractivity contribution in [1.82, 2.24) is 20.5 Å². The smallest absolute Gasteiger partial charge is 0.282 e. The molecule has 3 aromatic rings. The molecule has 1 aliphatic rings. The molecule has 1 aromatic carbocycles. The number of pyridine rings is 1. The number of halogens is 3. The second kappa shape index (κ2) is 8.98. The highest BCUT2D eigenvalue weighted by Gasteiger charge is 2.33. The molecule has 0 radical (unpaired) electrons. The van der Waals surface area contributed by atoms with E-state index in [2.05, 4.69) is 36.4 Å². The molecule has 0 bridgehead atoms. The molecular weight excluding hydrogens is 505 g/mol. The molecule has 1 fully saturated rings. The number of hydrogen-bond acceptors (Lipinski definition) is 4. The number of aromatic amines is 1. The van der Waals surface area contributed by atoms with Crippen LogP contribution in [0.1, 0.15) is 40.6 Å². The molecule has 2 amide bonds. The standard InChI is InChI=1S/C21H18BrCl2N5O2/c1-11(12-4-5-12)27-20(30)14-9-13(23)10-15(22)18(14)29(19-16(24)3-2-7-25-19)21(31)17-6-8-26-28-17/h2-3,6-12H,4-5H2,1H3,(H,26,28)(H,27,30). The van der Waals surface area contributed by atoms with Crippen molar-refractivity contribution >= 4 is 62.5 Å². The Morgan fingerprint density at radius 1 is 1.26 bits per heavy atom. The molecule has 1 aliphatic carbocycles. The molecule has 0 aliphatic heterocycles. The normalized spacial score (nSPS) is 14.2. The van der Waals surface area contributed by atoms with E-state index in [1.807, 2.05) is 6.92 Å². The number of carbonyl (C=O) groups is 2. The van der Waals surface area contributed by atoms with Crippen molar-refractivity contribution in [1.29, 1.82) is 0 Å². The van der Waals surface area contributed by atoms with Gasteiger partial charge in [0.05, 0.1) is 16.3 Å². The minimum absolute atomic E-state index is 0.00769. The summed E-state index contributed by atoms with van der Waals surface area (Å²) in [5.41, 5.74) is 0.716. The molecule has 1 unspecified atom stereocenters. The molecule has 1 saturated carbocycles. The summed E-state index contributed by atoms with van der Waals surface area (Å²) in [6.07, 6.45) is 5.16. The summed E-state index contributed by atoms with van der Waals surface area (Å²) in [6.45, 7) is 1.97. The van der Waals surface area contributed by atoms with Crippen LogP contribution in [0.4, 0.5) is 11.5 Å². The van der Waals surface area contributed by atoms with Gasteiger partial charge in [-0.05, 0) is 71.9 Å². The number of aromatic nitrogens is 3. The summed E-state index contributed by atoms with van der Waals surface area (Å²) in [7, 11) is 0. The second-order valence-corrected chi connectivity index (χ2v) is 9.00. The Bertz CT molecular complexity index is 1130. The van der Waals surface area contributed by atoms with E-state index in [0.717, 1.165) is 12.8 Å². The third-order valence-corrected chi connectivity index (χ3v) is 6.19. The van der Waals surface area contributed by atoms with E-state index in [0.29, 0.717) is 15.4 Å². The lowest BCUT2D eigenvalue weighted by Gasteiger charge is -2.26. The lowest BCUT2D eigenvalue weighted by Crippen LogP contribution is -2.36. The third-order valence-electron chi connectivity index (χ3n) is 5.07. The van der Waals surface area contributed by atoms with E-state index in [1.165, 1.54) is 29.4 Å². The first kappa shape index (κ1) is 21.8. The van der Waals surface area contributed by atoms with Gasteiger partial charge in [-0.3, -0.25) is 19.6 Å². The Hall–Kier alpha value is -2.42. The highest BCUT2D eigenvalue weighted by molar-refractivity contribution is 9.10. The summed E-state index contributed by atoms with van der Waals surface area (Å²) in [5, 5.41) is 10.1. The topological polar surface area (TPSA) is 91.0 Å². The number of carbonyl (C=O) groups excluding carboxylic acids is 2. The number of rotatable bonds is 6. The van der Waals surface area contributed by atoms with Gasteiger partial charge < -0.3 is 5.32 Å². The van der Waals surface area contributed by atoms with Crippen LogP contribution in [0.2, 0.25) is 10.0 Å². The first-order valence-corrected chi connectivity index (χ1v) is 11.2. The van der Waals surface area contributed by atoms with E-state index in [9.17, 15) is 9.59 Å². The zero-order valence-electron chi connectivity index (χ0n) is 16.4. The maximum atomic E-state index is 13.5. The Kier molecular flexibility index (Phi) is 6.31. The zero-order valence-corrected chi connectivity index (χ0v) is 19.5. The molecular formula is C21H18BrCl2N5O2. The molecule has 4 rings (SSSR count). The van der Waals surface area contributed by atoms with Crippen LogP contribution in [0.5, 0.6) is 0 Å². The van der Waals surface area contributed by atoms with Crippen LogP contribution in [0.15, 0.2) is 47.2 Å². The van der Waals surface area contributed by atoms with Crippen molar-refractivity contribution in [2.75, 3.05) is 4.90 Å². The summed E-state index contributed by atoms with van der Waals surface area (Å²) in [6, 6.07) is 7.96. The number of benzene rings is 1. The quantitative estimate of drug-likeness (QED) is 0.454. The van der Waals surface area contributed by atoms with Crippen LogP contribution in [0.3, 0.4) is 0 Å². The predicted octanol–water partition coefficient (Wildman–Crippen LogP) is 5.38. The number of H-pyrrole nitrogens is 1. The Morgan fingerprint density at radius 3 is 2.68 bits per heavy atom. The monoisotopic (exact) mass is 521 g/mol. The molecule has 0 saturated heterocycles. The Morgan fingerprint density at radius 2 is 2.03 bits per heavy atom. The van der Waals surface area contributed by atoms with E-state index < -0.39 is 5.91 Å². The van der Waals surface area contributed by atoms with E-state index in [4.69, 9.17) is 23.2 Å². The van der Waals surface area contributed by atoms with Crippen molar-refractivity contribution in [3.63, 3.8) is 0 Å². The van der Waals surface area contributed by atoms with Gasteiger partial charge in [-0.25, -0.2) is 4.98 Å². The molecule has 7 nitrogen and oxygen atoms in total. The Labute approximate surface area is 197 Å². The first-order valence-electron chi connectivity index (χ1n) is 9.61. The number of nitrogens with one attached hydrogen (secondary N) is 2. The highest BCUT2D eigenvalue weighted by atomic mass is 79.9. The fourth-order valence-corrected chi connectivity index (χ4v) is 4.50. The molecule has 2 N–H and O–H groups in total. The minimum Gasteiger partial charge on any atom is -0.349 e. The molecule has 1 atom stereocenters. The number of hydrogen-bond donors (Lipinski definition) is 2. The molecule has 31 heavy (non-hydrogen) atoms. The molecule has 0 spiro atoms. The van der Waals surface area contributed by atoms with Gasteiger partial charge in [0.2, 0.25) is 0 Å². The SMILES string of the molecule is CC(NC(=O)c1cc(Cl)cc(Br)c1N(C(=O)c1ccn[nH]1)c1ncccc1Cl)C1CC1. The van der Waals surface area contributed by atoms with Gasteiger partial charge in [-0.15, -0.1) is 0 Å². The van der Waals surface area contributed by atoms with Crippen LogP contribution in [-0.4, -0.2) is 33.0 Å². The van der Waals surface area contributed by atoms with Crippen LogP contribution in [0.25, 0.3) is 0 Å². The van der Waals surface area contributed by atoms with Crippen molar-refractivity contribution in [2.45, 2.75) is 25.8 Å². The van der Waals surface area contributed by atoms with Crippen LogP contribution >= 0.6 is 39.1 Å². The lowest BCUT2D eigenvalue weighted by molar-refractivity contribution is 0.0936. The largest absolute Gasteiger partial charge is 0.349 e. The maximum Gasteiger partial charge on any atom is 0.282 e. The van der Waals surface area contributed by atoms with Gasteiger partial charge in [0, 0.05) is 27.9 Å². The summed E-state index contributed by atoms with van der Waals surface area (Å²) >= 11 is 16.1. The van der Waals surface area contributed by atoms with Crippen LogP contribution in [-0.2, 0) is 0 Å². The van der Waals surface area contributed by atoms with Crippen molar-refractivity contribution < 1.29 is 9.59 Å². The lowest BCUT2D eigenvalue weighted by atomic mass is 10.1. The number of amides is 2. The van der Waals surface area contributed by atoms with Gasteiger partial charge >= 0.3 is 0 Å². The fraction of sp³-hybridized carbons (Fsp3) is 0.238. The first-order chi connectivity index (χ1) is 14.9. The second-order valence-electron chi connectivity index (χ2n) is 7.30. The summed E-state index contributed by atoms with van der Waals surface area (Å²) < 4.78 is 0.443. The molecule has 10 heteroatoms. The highest BCUT2D eigenvalue weighted by Crippen LogP contribution is 2.40. The van der Waals surface area contributed by atoms with E-state index in [1.54, 1.807) is 18.2 Å². The molecule has 160 valence electrons. The fourth-order valence-electron chi connectivity index (χ4n) is 3.31. The number of anilines is 2. The van der Waals surface area contributed by atoms with Gasteiger partial charge in [0.15, 0.2) is 5.82 Å². The summed E-state index contributed by atoms with van der Waals surface area (Å²) in [4.78, 5) is 32.3. The Balaban J connectivity index is 1.87. The average molecular weight is 523 g/mol. The third kappa shape index (κ3) is 4.61. The van der Waals surface area contributed by atoms with Gasteiger partial charge in [-0.2, -0.15) is 5.10 Å². The summed E-state index contributed by atoms with van der Waals surface area (Å²) in [5.74, 6) is -0.184. The van der Waals surface area contributed by atoms with Crippen molar-refractivity contribution in [2.24, 2.45) is 5.92 Å².